The fourth-order valence-electron chi connectivity index (χ4n) is 1.85. The molecule has 0 saturated heterocycles. The second-order valence-electron chi connectivity index (χ2n) is 4.96. The van der Waals surface area contributed by atoms with Crippen LogP contribution in [0, 0.1) is 10.1 Å². The van der Waals surface area contributed by atoms with E-state index in [2.05, 4.69) is 15.6 Å². The predicted octanol–water partition coefficient (Wildman–Crippen LogP) is 2.02. The molecule has 0 atom stereocenters. The molecule has 0 aromatic heterocycles. The van der Waals surface area contributed by atoms with Crippen LogP contribution < -0.4 is 16.4 Å². The Morgan fingerprint density at radius 1 is 1.38 bits per heavy atom. The zero-order valence-corrected chi connectivity index (χ0v) is 15.7. The van der Waals surface area contributed by atoms with Crippen LogP contribution in [0.15, 0.2) is 47.1 Å². The molecule has 0 fully saturated rings. The molecule has 4 N–H and O–H groups in total. The highest BCUT2D eigenvalue weighted by Crippen LogP contribution is 2.06. The van der Waals surface area contributed by atoms with Crippen LogP contribution in [0.25, 0.3) is 0 Å². The molecule has 1 amide bonds. The molecule has 1 aliphatic heterocycles. The first-order valence-electron chi connectivity index (χ1n) is 8.73. The second kappa shape index (κ2) is 14.6. The van der Waals surface area contributed by atoms with E-state index in [9.17, 15) is 14.9 Å². The van der Waals surface area contributed by atoms with Crippen molar-refractivity contribution in [3.8, 4) is 0 Å². The highest BCUT2D eigenvalue weighted by Gasteiger charge is 2.06. The number of hydrogen-bond acceptors (Lipinski definition) is 6. The Bertz CT molecular complexity index is 600. The van der Waals surface area contributed by atoms with Gasteiger partial charge in [0.25, 0.3) is 11.6 Å². The van der Waals surface area contributed by atoms with Gasteiger partial charge in [0.2, 0.25) is 0 Å². The number of benzene rings is 1. The molecule has 0 unspecified atom stereocenters. The number of nitrogens with one attached hydrogen (secondary N) is 2. The number of likely N-dealkylation sites (N-methyl/N-ethyl adjacent to an activating group) is 1. The Balaban J connectivity index is 0.000000484. The van der Waals surface area contributed by atoms with Crippen molar-refractivity contribution in [2.75, 3.05) is 26.2 Å². The van der Waals surface area contributed by atoms with Gasteiger partial charge in [-0.2, -0.15) is 0 Å². The van der Waals surface area contributed by atoms with Crippen LogP contribution in [0.2, 0.25) is 0 Å². The smallest absolute Gasteiger partial charge is 0.269 e. The highest BCUT2D eigenvalue weighted by molar-refractivity contribution is 6.04. The SMILES string of the molecule is CC.CCNC(=O)/C(N)=C/C1=NCCCNC1.O=[N+]([O-])c1ccccc1. The lowest BCUT2D eigenvalue weighted by Crippen LogP contribution is -2.29. The van der Waals surface area contributed by atoms with E-state index < -0.39 is 4.92 Å². The third-order valence-corrected chi connectivity index (χ3v) is 3.02. The molecule has 0 spiro atoms. The van der Waals surface area contributed by atoms with Gasteiger partial charge in [0.1, 0.15) is 0 Å². The van der Waals surface area contributed by atoms with Gasteiger partial charge in [-0.05, 0) is 26.0 Å². The third-order valence-electron chi connectivity index (χ3n) is 3.02. The van der Waals surface area contributed by atoms with Crippen LogP contribution in [-0.4, -0.2) is 42.7 Å². The number of aliphatic imine (C=N–C) groups is 1. The van der Waals surface area contributed by atoms with Crippen LogP contribution in [-0.2, 0) is 4.79 Å². The molecule has 144 valence electrons. The molecule has 0 aliphatic carbocycles. The normalized spacial score (nSPS) is 13.7. The quantitative estimate of drug-likeness (QED) is 0.429. The fraction of sp³-hybridized carbons (Fsp3) is 0.444. The van der Waals surface area contributed by atoms with E-state index >= 15 is 0 Å². The molecule has 2 rings (SSSR count). The van der Waals surface area contributed by atoms with Gasteiger partial charge in [-0.3, -0.25) is 19.9 Å². The predicted molar refractivity (Wildman–Crippen MR) is 105 cm³/mol. The first-order valence-corrected chi connectivity index (χ1v) is 8.73. The summed E-state index contributed by atoms with van der Waals surface area (Å²) in [6.07, 6.45) is 2.67. The molecule has 26 heavy (non-hydrogen) atoms. The number of hydrogen-bond donors (Lipinski definition) is 3. The zero-order chi connectivity index (χ0) is 19.8. The van der Waals surface area contributed by atoms with E-state index in [1.165, 1.54) is 12.1 Å². The summed E-state index contributed by atoms with van der Waals surface area (Å²) >= 11 is 0. The van der Waals surface area contributed by atoms with Crippen molar-refractivity contribution in [3.63, 3.8) is 0 Å². The molecule has 8 heteroatoms. The van der Waals surface area contributed by atoms with Crippen molar-refractivity contribution in [1.82, 2.24) is 10.6 Å². The lowest BCUT2D eigenvalue weighted by molar-refractivity contribution is -0.384. The van der Waals surface area contributed by atoms with Gasteiger partial charge in [-0.25, -0.2) is 0 Å². The number of nitro groups is 1. The summed E-state index contributed by atoms with van der Waals surface area (Å²) in [6, 6.07) is 7.93. The minimum atomic E-state index is -0.417. The molecule has 8 nitrogen and oxygen atoms in total. The number of nitrogens with two attached hydrogens (primary N) is 1. The van der Waals surface area contributed by atoms with Crippen LogP contribution >= 0.6 is 0 Å². The fourth-order valence-corrected chi connectivity index (χ4v) is 1.85. The summed E-state index contributed by atoms with van der Waals surface area (Å²) in [6.45, 7) is 8.87. The molecular formula is C18H29N5O3. The maximum absolute atomic E-state index is 11.3. The first-order chi connectivity index (χ1) is 12.5. The lowest BCUT2D eigenvalue weighted by atomic mass is 10.2. The summed E-state index contributed by atoms with van der Waals surface area (Å²) in [7, 11) is 0. The Hall–Kier alpha value is -2.74. The largest absolute Gasteiger partial charge is 0.394 e. The van der Waals surface area contributed by atoms with E-state index in [4.69, 9.17) is 5.73 Å². The van der Waals surface area contributed by atoms with Gasteiger partial charge < -0.3 is 16.4 Å². The molecule has 0 saturated carbocycles. The summed E-state index contributed by atoms with van der Waals surface area (Å²) in [5.41, 5.74) is 6.83. The Labute approximate surface area is 154 Å². The van der Waals surface area contributed by atoms with Crippen molar-refractivity contribution in [2.45, 2.75) is 27.2 Å². The van der Waals surface area contributed by atoms with Gasteiger partial charge in [-0.1, -0.05) is 32.0 Å². The summed E-state index contributed by atoms with van der Waals surface area (Å²) in [5.74, 6) is -0.232. The molecule has 0 radical (unpaired) electrons. The average molecular weight is 363 g/mol. The molecule has 1 aromatic carbocycles. The number of para-hydroxylation sites is 1. The number of nitro benzene ring substituents is 1. The van der Waals surface area contributed by atoms with Gasteiger partial charge in [0.15, 0.2) is 0 Å². The van der Waals surface area contributed by atoms with Gasteiger partial charge in [-0.15, -0.1) is 0 Å². The number of rotatable bonds is 4. The molecule has 1 aliphatic rings. The van der Waals surface area contributed by atoms with Crippen LogP contribution in [0.5, 0.6) is 0 Å². The van der Waals surface area contributed by atoms with Gasteiger partial charge in [0.05, 0.1) is 16.3 Å². The second-order valence-corrected chi connectivity index (χ2v) is 4.96. The number of nitrogens with zero attached hydrogens (tertiary/aromatic N) is 2. The number of carbonyl (C=O) groups is 1. The third kappa shape index (κ3) is 10.2. The van der Waals surface area contributed by atoms with Crippen molar-refractivity contribution < 1.29 is 9.72 Å². The van der Waals surface area contributed by atoms with E-state index in [-0.39, 0.29) is 17.3 Å². The number of carbonyl (C=O) groups excluding carboxylic acids is 1. The number of non-ortho nitro benzene ring substituents is 1. The number of amides is 1. The van der Waals surface area contributed by atoms with E-state index in [1.807, 2.05) is 20.8 Å². The molecule has 0 bridgehead atoms. The maximum Gasteiger partial charge on any atom is 0.269 e. The minimum absolute atomic E-state index is 0.137. The molecular weight excluding hydrogens is 334 g/mol. The van der Waals surface area contributed by atoms with E-state index in [0.717, 1.165) is 25.2 Å². The average Bonchev–Trinajstić information content (AvgIpc) is 2.93. The Morgan fingerprint density at radius 3 is 2.58 bits per heavy atom. The summed E-state index contributed by atoms with van der Waals surface area (Å²) in [5, 5.41) is 15.9. The lowest BCUT2D eigenvalue weighted by Gasteiger charge is -2.03. The Kier molecular flexibility index (Phi) is 13.1. The monoisotopic (exact) mass is 363 g/mol. The van der Waals surface area contributed by atoms with Crippen molar-refractivity contribution in [3.05, 3.63) is 52.2 Å². The molecule has 1 aromatic rings. The maximum atomic E-state index is 11.3. The van der Waals surface area contributed by atoms with Crippen LogP contribution in [0.1, 0.15) is 27.2 Å². The van der Waals surface area contributed by atoms with Gasteiger partial charge in [0, 0.05) is 31.8 Å². The standard InChI is InChI=1S/C10H18N4O.C6H5NO2.C2H6/c1-2-13-10(15)9(11)6-8-7-12-4-3-5-14-8;8-7(9)6-4-2-1-3-5-6;1-2/h6,12H,2-5,7,11H2,1H3,(H,13,15);1-5H;1-2H3/b9-6-;;. The molecule has 1 heterocycles. The van der Waals surface area contributed by atoms with Crippen molar-refractivity contribution in [2.24, 2.45) is 10.7 Å². The summed E-state index contributed by atoms with van der Waals surface area (Å²) in [4.78, 5) is 25.2. The first kappa shape index (κ1) is 23.3. The van der Waals surface area contributed by atoms with Crippen LogP contribution in [0.3, 0.4) is 0 Å². The van der Waals surface area contributed by atoms with E-state index in [0.29, 0.717) is 13.1 Å². The van der Waals surface area contributed by atoms with Crippen molar-refractivity contribution >= 4 is 17.3 Å². The summed E-state index contributed by atoms with van der Waals surface area (Å²) < 4.78 is 0. The topological polar surface area (TPSA) is 123 Å². The van der Waals surface area contributed by atoms with Crippen LogP contribution in [0.4, 0.5) is 5.69 Å². The van der Waals surface area contributed by atoms with E-state index in [1.54, 1.807) is 24.3 Å². The highest BCUT2D eigenvalue weighted by atomic mass is 16.6. The van der Waals surface area contributed by atoms with Gasteiger partial charge >= 0.3 is 0 Å². The minimum Gasteiger partial charge on any atom is -0.394 e. The van der Waals surface area contributed by atoms with Crippen molar-refractivity contribution in [1.29, 1.82) is 0 Å². The zero-order valence-electron chi connectivity index (χ0n) is 15.7. The Morgan fingerprint density at radius 2 is 2.04 bits per heavy atom.